The zero-order valence-electron chi connectivity index (χ0n) is 15.5. The summed E-state index contributed by atoms with van der Waals surface area (Å²) < 4.78 is 19.5. The summed E-state index contributed by atoms with van der Waals surface area (Å²) in [6.45, 7) is 4.75. The van der Waals surface area contributed by atoms with E-state index in [4.69, 9.17) is 4.74 Å². The van der Waals surface area contributed by atoms with Crippen molar-refractivity contribution in [3.63, 3.8) is 0 Å². The highest BCUT2D eigenvalue weighted by atomic mass is 19.1. The van der Waals surface area contributed by atoms with Gasteiger partial charge in [0.15, 0.2) is 0 Å². The first-order chi connectivity index (χ1) is 12.7. The van der Waals surface area contributed by atoms with Crippen LogP contribution in [0.4, 0.5) is 4.39 Å². The zero-order chi connectivity index (χ0) is 18.4. The molecule has 7 heteroatoms. The first-order valence-corrected chi connectivity index (χ1v) is 9.60. The van der Waals surface area contributed by atoms with E-state index in [1.54, 1.807) is 19.2 Å². The third kappa shape index (κ3) is 4.72. The van der Waals surface area contributed by atoms with Crippen LogP contribution in [0.3, 0.4) is 0 Å². The van der Waals surface area contributed by atoms with Gasteiger partial charge < -0.3 is 15.2 Å². The molecule has 0 amide bonds. The monoisotopic (exact) mass is 366 g/mol. The number of nitrogens with zero attached hydrogens (tertiary/aromatic N) is 1. The van der Waals surface area contributed by atoms with Crippen molar-refractivity contribution in [2.24, 2.45) is 5.92 Å². The lowest BCUT2D eigenvalue weighted by atomic mass is 9.94. The molecule has 6 nitrogen and oxygen atoms in total. The Labute approximate surface area is 155 Å². The molecule has 3 rings (SSSR count). The number of hydrazine groups is 1. The number of piperidine rings is 1. The van der Waals surface area contributed by atoms with E-state index < -0.39 is 0 Å². The number of aliphatic hydroxyl groups is 1. The summed E-state index contributed by atoms with van der Waals surface area (Å²) in [4.78, 5) is 2.38. The quantitative estimate of drug-likeness (QED) is 0.516. The molecule has 2 fully saturated rings. The van der Waals surface area contributed by atoms with Gasteiger partial charge in [-0.15, -0.1) is 0 Å². The maximum absolute atomic E-state index is 14.4. The first kappa shape index (κ1) is 19.5. The minimum Gasteiger partial charge on any atom is -0.497 e. The molecule has 0 saturated carbocycles. The Balaban J connectivity index is 1.48. The van der Waals surface area contributed by atoms with Gasteiger partial charge in [0.2, 0.25) is 0 Å². The van der Waals surface area contributed by atoms with Crippen molar-refractivity contribution in [3.05, 3.63) is 29.6 Å². The summed E-state index contributed by atoms with van der Waals surface area (Å²) >= 11 is 0. The summed E-state index contributed by atoms with van der Waals surface area (Å²) in [5.74, 6) is 0.564. The highest BCUT2D eigenvalue weighted by Crippen LogP contribution is 2.28. The van der Waals surface area contributed by atoms with Crippen molar-refractivity contribution in [1.82, 2.24) is 21.1 Å². The molecule has 146 valence electrons. The molecule has 2 aliphatic heterocycles. The van der Waals surface area contributed by atoms with Crippen LogP contribution in [0.25, 0.3) is 0 Å². The van der Waals surface area contributed by atoms with E-state index in [0.717, 1.165) is 39.1 Å². The molecule has 0 aliphatic carbocycles. The lowest BCUT2D eigenvalue weighted by molar-refractivity contribution is 0.0908. The SMILES string of the molecule is COc1ccc(C2NNCC2CNCCN2CCCCC2CO)c(F)c1. The molecule has 26 heavy (non-hydrogen) atoms. The Morgan fingerprint density at radius 2 is 2.27 bits per heavy atom. The topological polar surface area (TPSA) is 68.8 Å². The van der Waals surface area contributed by atoms with Crippen molar-refractivity contribution in [3.8, 4) is 5.75 Å². The van der Waals surface area contributed by atoms with Crippen LogP contribution in [0.2, 0.25) is 0 Å². The molecule has 1 aromatic carbocycles. The maximum Gasteiger partial charge on any atom is 0.131 e. The fourth-order valence-corrected chi connectivity index (χ4v) is 4.02. The van der Waals surface area contributed by atoms with Gasteiger partial charge in [-0.3, -0.25) is 10.3 Å². The third-order valence-corrected chi connectivity index (χ3v) is 5.58. The van der Waals surface area contributed by atoms with Crippen molar-refractivity contribution < 1.29 is 14.2 Å². The molecule has 3 unspecified atom stereocenters. The van der Waals surface area contributed by atoms with E-state index in [1.807, 2.05) is 0 Å². The van der Waals surface area contributed by atoms with Gasteiger partial charge >= 0.3 is 0 Å². The highest BCUT2D eigenvalue weighted by Gasteiger charge is 2.30. The first-order valence-electron chi connectivity index (χ1n) is 9.60. The zero-order valence-corrected chi connectivity index (χ0v) is 15.5. The van der Waals surface area contributed by atoms with Crippen LogP contribution in [0, 0.1) is 11.7 Å². The molecular formula is C19H31FN4O2. The van der Waals surface area contributed by atoms with E-state index in [0.29, 0.717) is 17.4 Å². The molecular weight excluding hydrogens is 335 g/mol. The average molecular weight is 366 g/mol. The van der Waals surface area contributed by atoms with E-state index in [-0.39, 0.29) is 24.4 Å². The van der Waals surface area contributed by atoms with E-state index in [1.165, 1.54) is 18.9 Å². The number of likely N-dealkylation sites (tertiary alicyclic amines) is 1. The lowest BCUT2D eigenvalue weighted by Gasteiger charge is -2.34. The fourth-order valence-electron chi connectivity index (χ4n) is 4.02. The van der Waals surface area contributed by atoms with Crippen LogP contribution in [-0.2, 0) is 0 Å². The smallest absolute Gasteiger partial charge is 0.131 e. The number of rotatable bonds is 8. The summed E-state index contributed by atoms with van der Waals surface area (Å²) in [6.07, 6.45) is 3.52. The number of hydrogen-bond acceptors (Lipinski definition) is 6. The van der Waals surface area contributed by atoms with Gasteiger partial charge in [0.1, 0.15) is 11.6 Å². The number of nitrogens with one attached hydrogen (secondary N) is 3. The standard InChI is InChI=1S/C19H31FN4O2/c1-26-16-5-6-17(18(20)10-16)19-14(12-22-23-19)11-21-7-9-24-8-3-2-4-15(24)13-25/h5-6,10,14-15,19,21-23,25H,2-4,7-9,11-13H2,1H3. The number of aliphatic hydroxyl groups excluding tert-OH is 1. The van der Waals surface area contributed by atoms with Gasteiger partial charge in [-0.05, 0) is 25.5 Å². The van der Waals surface area contributed by atoms with Crippen molar-refractivity contribution in [2.45, 2.75) is 31.3 Å². The van der Waals surface area contributed by atoms with Gasteiger partial charge in [0.25, 0.3) is 0 Å². The van der Waals surface area contributed by atoms with E-state index in [2.05, 4.69) is 21.1 Å². The highest BCUT2D eigenvalue weighted by molar-refractivity contribution is 5.31. The molecule has 1 aromatic rings. The summed E-state index contributed by atoms with van der Waals surface area (Å²) in [5.41, 5.74) is 7.01. The van der Waals surface area contributed by atoms with Crippen molar-refractivity contribution in [2.75, 3.05) is 46.4 Å². The Bertz CT molecular complexity index is 574. The summed E-state index contributed by atoms with van der Waals surface area (Å²) in [6, 6.07) is 5.28. The summed E-state index contributed by atoms with van der Waals surface area (Å²) in [7, 11) is 1.54. The number of halogens is 1. The molecule has 0 radical (unpaired) electrons. The Hall–Kier alpha value is -1.25. The normalized spacial score (nSPS) is 27.0. The van der Waals surface area contributed by atoms with Crippen molar-refractivity contribution >= 4 is 0 Å². The van der Waals surface area contributed by atoms with Crippen molar-refractivity contribution in [1.29, 1.82) is 0 Å². The molecule has 2 aliphatic rings. The third-order valence-electron chi connectivity index (χ3n) is 5.58. The van der Waals surface area contributed by atoms with Crippen LogP contribution < -0.4 is 20.9 Å². The minimum atomic E-state index is -0.241. The number of methoxy groups -OCH3 is 1. The van der Waals surface area contributed by atoms with Crippen LogP contribution in [-0.4, -0.2) is 62.5 Å². The predicted octanol–water partition coefficient (Wildman–Crippen LogP) is 1.04. The lowest BCUT2D eigenvalue weighted by Crippen LogP contribution is -2.45. The van der Waals surface area contributed by atoms with Gasteiger partial charge in [-0.2, -0.15) is 0 Å². The Morgan fingerprint density at radius 1 is 1.38 bits per heavy atom. The maximum atomic E-state index is 14.4. The number of hydrogen-bond donors (Lipinski definition) is 4. The molecule has 2 heterocycles. The van der Waals surface area contributed by atoms with Crippen LogP contribution in [0.5, 0.6) is 5.75 Å². The largest absolute Gasteiger partial charge is 0.497 e. The van der Waals surface area contributed by atoms with E-state index >= 15 is 0 Å². The van der Waals surface area contributed by atoms with Crippen LogP contribution >= 0.6 is 0 Å². The minimum absolute atomic E-state index is 0.0615. The second-order valence-corrected chi connectivity index (χ2v) is 7.22. The summed E-state index contributed by atoms with van der Waals surface area (Å²) in [5, 5.41) is 13.0. The van der Waals surface area contributed by atoms with Gasteiger partial charge in [-0.25, -0.2) is 9.82 Å². The molecule has 0 spiro atoms. The van der Waals surface area contributed by atoms with Crippen LogP contribution in [0.1, 0.15) is 30.9 Å². The van der Waals surface area contributed by atoms with E-state index in [9.17, 15) is 9.50 Å². The molecule has 4 N–H and O–H groups in total. The van der Waals surface area contributed by atoms with Gasteiger partial charge in [-0.1, -0.05) is 12.5 Å². The number of ether oxygens (including phenoxy) is 1. The number of benzene rings is 1. The van der Waals surface area contributed by atoms with Gasteiger partial charge in [0, 0.05) is 49.8 Å². The Kier molecular flexibility index (Phi) is 7.22. The molecule has 0 aromatic heterocycles. The Morgan fingerprint density at radius 3 is 3.04 bits per heavy atom. The average Bonchev–Trinajstić information content (AvgIpc) is 3.13. The predicted molar refractivity (Wildman–Crippen MR) is 99.5 cm³/mol. The molecule has 0 bridgehead atoms. The van der Waals surface area contributed by atoms with Gasteiger partial charge in [0.05, 0.1) is 19.8 Å². The molecule has 2 saturated heterocycles. The second kappa shape index (κ2) is 9.62. The second-order valence-electron chi connectivity index (χ2n) is 7.22. The molecule has 3 atom stereocenters. The van der Waals surface area contributed by atoms with Crippen LogP contribution in [0.15, 0.2) is 18.2 Å². The fraction of sp³-hybridized carbons (Fsp3) is 0.684.